The number of hydrogen-bond acceptors (Lipinski definition) is 2. The Bertz CT molecular complexity index is 408. The highest BCUT2D eigenvalue weighted by molar-refractivity contribution is 9.10. The number of nitrogens with zero attached hydrogens (tertiary/aromatic N) is 1. The molecule has 1 atom stereocenters. The lowest BCUT2D eigenvalue weighted by molar-refractivity contribution is 0.516. The summed E-state index contributed by atoms with van der Waals surface area (Å²) in [6.45, 7) is 11.3. The molecule has 0 aromatic heterocycles. The lowest BCUT2D eigenvalue weighted by atomic mass is 10.1. The second-order valence-electron chi connectivity index (χ2n) is 5.70. The minimum absolute atomic E-state index is 0.802. The van der Waals surface area contributed by atoms with E-state index in [1.165, 1.54) is 53.8 Å². The van der Waals surface area contributed by atoms with Gasteiger partial charge in [0.15, 0.2) is 0 Å². The Hall–Kier alpha value is -0.540. The molecule has 2 nitrogen and oxygen atoms in total. The maximum atomic E-state index is 3.65. The standard InChI is InChI=1S/C16H25BrN2/c1-4-6-18-10-14-5-7-19(11-14)15-8-12(2)16(17)13(3)9-15/h8-9,14,18H,4-7,10-11H2,1-3H3. The smallest absolute Gasteiger partial charge is 0.0372 e. The summed E-state index contributed by atoms with van der Waals surface area (Å²) in [7, 11) is 0. The van der Waals surface area contributed by atoms with Gasteiger partial charge in [-0.15, -0.1) is 0 Å². The van der Waals surface area contributed by atoms with Crippen LogP contribution >= 0.6 is 15.9 Å². The summed E-state index contributed by atoms with van der Waals surface area (Å²) in [5.41, 5.74) is 4.06. The van der Waals surface area contributed by atoms with E-state index in [4.69, 9.17) is 0 Å². The summed E-state index contributed by atoms with van der Waals surface area (Å²) in [5, 5.41) is 3.55. The molecule has 1 N–H and O–H groups in total. The van der Waals surface area contributed by atoms with Gasteiger partial charge in [-0.2, -0.15) is 0 Å². The van der Waals surface area contributed by atoms with Gasteiger partial charge >= 0.3 is 0 Å². The maximum absolute atomic E-state index is 3.65. The Labute approximate surface area is 125 Å². The number of aryl methyl sites for hydroxylation is 2. The van der Waals surface area contributed by atoms with Crippen LogP contribution in [0, 0.1) is 19.8 Å². The zero-order valence-electron chi connectivity index (χ0n) is 12.3. The summed E-state index contributed by atoms with van der Waals surface area (Å²) in [6, 6.07) is 4.61. The average Bonchev–Trinajstić information content (AvgIpc) is 2.84. The Morgan fingerprint density at radius 1 is 1.32 bits per heavy atom. The van der Waals surface area contributed by atoms with Crippen LogP contribution in [-0.4, -0.2) is 26.2 Å². The number of benzene rings is 1. The molecule has 1 aromatic rings. The third-order valence-electron chi connectivity index (χ3n) is 3.93. The summed E-state index contributed by atoms with van der Waals surface area (Å²) < 4.78 is 1.25. The van der Waals surface area contributed by atoms with Crippen LogP contribution in [0.4, 0.5) is 5.69 Å². The molecule has 0 spiro atoms. The van der Waals surface area contributed by atoms with Crippen LogP contribution in [0.15, 0.2) is 16.6 Å². The minimum Gasteiger partial charge on any atom is -0.371 e. The molecule has 0 aliphatic carbocycles. The molecule has 0 saturated carbocycles. The largest absolute Gasteiger partial charge is 0.371 e. The number of hydrogen-bond donors (Lipinski definition) is 1. The summed E-state index contributed by atoms with van der Waals surface area (Å²) in [4.78, 5) is 2.53. The number of halogens is 1. The van der Waals surface area contributed by atoms with Crippen molar-refractivity contribution in [1.29, 1.82) is 0 Å². The number of anilines is 1. The van der Waals surface area contributed by atoms with Gasteiger partial charge in [-0.3, -0.25) is 0 Å². The molecule has 1 heterocycles. The molecule has 0 radical (unpaired) electrons. The number of rotatable bonds is 5. The predicted molar refractivity (Wildman–Crippen MR) is 87.1 cm³/mol. The van der Waals surface area contributed by atoms with Crippen LogP contribution < -0.4 is 10.2 Å². The SMILES string of the molecule is CCCNCC1CCN(c2cc(C)c(Br)c(C)c2)C1. The van der Waals surface area contributed by atoms with E-state index in [0.29, 0.717) is 0 Å². The molecule has 1 aliphatic rings. The van der Waals surface area contributed by atoms with Crippen molar-refractivity contribution in [2.24, 2.45) is 5.92 Å². The zero-order valence-corrected chi connectivity index (χ0v) is 13.9. The van der Waals surface area contributed by atoms with Gasteiger partial charge in [-0.25, -0.2) is 0 Å². The van der Waals surface area contributed by atoms with Gasteiger partial charge < -0.3 is 10.2 Å². The van der Waals surface area contributed by atoms with Crippen molar-refractivity contribution >= 4 is 21.6 Å². The first-order valence-corrected chi connectivity index (χ1v) is 8.13. The van der Waals surface area contributed by atoms with E-state index in [2.05, 4.69) is 59.1 Å². The van der Waals surface area contributed by atoms with E-state index >= 15 is 0 Å². The van der Waals surface area contributed by atoms with Gasteiger partial charge in [0, 0.05) is 23.2 Å². The van der Waals surface area contributed by atoms with Crippen molar-refractivity contribution in [3.05, 3.63) is 27.7 Å². The molecular weight excluding hydrogens is 300 g/mol. The molecule has 1 aromatic carbocycles. The van der Waals surface area contributed by atoms with Gasteiger partial charge in [-0.05, 0) is 69.0 Å². The van der Waals surface area contributed by atoms with E-state index in [0.717, 1.165) is 12.5 Å². The zero-order chi connectivity index (χ0) is 13.8. The second kappa shape index (κ2) is 6.76. The first-order chi connectivity index (χ1) is 9.11. The van der Waals surface area contributed by atoms with Crippen molar-refractivity contribution in [2.45, 2.75) is 33.6 Å². The fourth-order valence-corrected chi connectivity index (χ4v) is 3.05. The first kappa shape index (κ1) is 14.9. The number of nitrogens with one attached hydrogen (secondary N) is 1. The quantitative estimate of drug-likeness (QED) is 0.826. The Kier molecular flexibility index (Phi) is 5.28. The van der Waals surface area contributed by atoms with Crippen molar-refractivity contribution in [2.75, 3.05) is 31.1 Å². The molecule has 1 saturated heterocycles. The molecular formula is C16H25BrN2. The molecule has 106 valence electrons. The fraction of sp³-hybridized carbons (Fsp3) is 0.625. The van der Waals surface area contributed by atoms with Crippen molar-refractivity contribution in [1.82, 2.24) is 5.32 Å². The van der Waals surface area contributed by atoms with Gasteiger partial charge in [0.05, 0.1) is 0 Å². The molecule has 0 amide bonds. The summed E-state index contributed by atoms with van der Waals surface area (Å²) in [5.74, 6) is 0.802. The van der Waals surface area contributed by atoms with Gasteiger partial charge in [-0.1, -0.05) is 22.9 Å². The Morgan fingerprint density at radius 2 is 2.00 bits per heavy atom. The first-order valence-electron chi connectivity index (χ1n) is 7.34. The van der Waals surface area contributed by atoms with Crippen molar-refractivity contribution in [3.63, 3.8) is 0 Å². The van der Waals surface area contributed by atoms with E-state index in [9.17, 15) is 0 Å². The van der Waals surface area contributed by atoms with E-state index in [1.807, 2.05) is 0 Å². The lowest BCUT2D eigenvalue weighted by Crippen LogP contribution is -2.26. The third-order valence-corrected chi connectivity index (χ3v) is 5.18. The second-order valence-corrected chi connectivity index (χ2v) is 6.49. The predicted octanol–water partition coefficient (Wildman–Crippen LogP) is 3.89. The Morgan fingerprint density at radius 3 is 2.63 bits per heavy atom. The molecule has 1 aliphatic heterocycles. The van der Waals surface area contributed by atoms with Crippen LogP contribution in [0.1, 0.15) is 30.9 Å². The van der Waals surface area contributed by atoms with Crippen LogP contribution in [-0.2, 0) is 0 Å². The normalized spacial score (nSPS) is 19.2. The highest BCUT2D eigenvalue weighted by atomic mass is 79.9. The summed E-state index contributed by atoms with van der Waals surface area (Å²) in [6.07, 6.45) is 2.53. The molecule has 1 fully saturated rings. The van der Waals surface area contributed by atoms with Crippen LogP contribution in [0.5, 0.6) is 0 Å². The van der Waals surface area contributed by atoms with Crippen molar-refractivity contribution < 1.29 is 0 Å². The molecule has 3 heteroatoms. The van der Waals surface area contributed by atoms with Gasteiger partial charge in [0.25, 0.3) is 0 Å². The minimum atomic E-state index is 0.802. The monoisotopic (exact) mass is 324 g/mol. The fourth-order valence-electron chi connectivity index (χ4n) is 2.82. The van der Waals surface area contributed by atoms with Crippen LogP contribution in [0.2, 0.25) is 0 Å². The lowest BCUT2D eigenvalue weighted by Gasteiger charge is -2.21. The van der Waals surface area contributed by atoms with Crippen LogP contribution in [0.25, 0.3) is 0 Å². The summed E-state index contributed by atoms with van der Waals surface area (Å²) >= 11 is 3.65. The topological polar surface area (TPSA) is 15.3 Å². The maximum Gasteiger partial charge on any atom is 0.0372 e. The van der Waals surface area contributed by atoms with Gasteiger partial charge in [0.2, 0.25) is 0 Å². The van der Waals surface area contributed by atoms with E-state index < -0.39 is 0 Å². The highest BCUT2D eigenvalue weighted by Gasteiger charge is 2.22. The molecule has 19 heavy (non-hydrogen) atoms. The third kappa shape index (κ3) is 3.73. The average molecular weight is 325 g/mol. The van der Waals surface area contributed by atoms with Gasteiger partial charge in [0.1, 0.15) is 0 Å². The van der Waals surface area contributed by atoms with E-state index in [1.54, 1.807) is 0 Å². The molecule has 2 rings (SSSR count). The molecule has 0 bridgehead atoms. The molecule has 1 unspecified atom stereocenters. The highest BCUT2D eigenvalue weighted by Crippen LogP contribution is 2.30. The van der Waals surface area contributed by atoms with E-state index in [-0.39, 0.29) is 0 Å². The van der Waals surface area contributed by atoms with Crippen molar-refractivity contribution in [3.8, 4) is 0 Å². The van der Waals surface area contributed by atoms with Crippen LogP contribution in [0.3, 0.4) is 0 Å². The Balaban J connectivity index is 1.97.